The van der Waals surface area contributed by atoms with Crippen LogP contribution in [0.4, 0.5) is 0 Å². The second-order valence-electron chi connectivity index (χ2n) is 8.96. The van der Waals surface area contributed by atoms with Crippen LogP contribution in [0.15, 0.2) is 42.5 Å². The number of hydrogen-bond acceptors (Lipinski definition) is 7. The highest BCUT2D eigenvalue weighted by atomic mass is 32.1. The van der Waals surface area contributed by atoms with Gasteiger partial charge in [-0.25, -0.2) is 4.98 Å². The van der Waals surface area contributed by atoms with E-state index in [9.17, 15) is 9.90 Å². The molecule has 2 aromatic carbocycles. The molecular formula is C26H31N3O4S. The summed E-state index contributed by atoms with van der Waals surface area (Å²) in [6.07, 6.45) is 3.38. The highest BCUT2D eigenvalue weighted by Crippen LogP contribution is 2.33. The van der Waals surface area contributed by atoms with E-state index < -0.39 is 12.1 Å². The quantitative estimate of drug-likeness (QED) is 0.485. The molecule has 0 aliphatic carbocycles. The lowest BCUT2D eigenvalue weighted by atomic mass is 10.0. The third kappa shape index (κ3) is 5.51. The number of aliphatic hydroxyl groups excluding tert-OH is 1. The number of carbonyl (C=O) groups is 1. The lowest BCUT2D eigenvalue weighted by Crippen LogP contribution is -2.46. The van der Waals surface area contributed by atoms with Crippen molar-refractivity contribution in [3.63, 3.8) is 0 Å². The van der Waals surface area contributed by atoms with E-state index in [0.717, 1.165) is 54.9 Å². The summed E-state index contributed by atoms with van der Waals surface area (Å²) in [4.78, 5) is 19.8. The van der Waals surface area contributed by atoms with Gasteiger partial charge in [0, 0.05) is 13.0 Å². The smallest absolute Gasteiger partial charge is 0.220 e. The molecule has 5 rings (SSSR count). The fraction of sp³-hybridized carbons (Fsp3) is 0.462. The molecule has 1 amide bonds. The SMILES string of the molecule is O=C(CCCc1nc2ccccc2s1)NC(CN1CCCC1)[C@H](O)c1ccc2c(c1)OCCO2. The number of aryl methyl sites for hydroxylation is 1. The van der Waals surface area contributed by atoms with Crippen LogP contribution >= 0.6 is 11.3 Å². The zero-order chi connectivity index (χ0) is 23.3. The number of ether oxygens (including phenoxy) is 2. The Labute approximate surface area is 203 Å². The zero-order valence-corrected chi connectivity index (χ0v) is 20.1. The van der Waals surface area contributed by atoms with Gasteiger partial charge < -0.3 is 24.8 Å². The number of amides is 1. The summed E-state index contributed by atoms with van der Waals surface area (Å²) in [5.41, 5.74) is 1.74. The molecule has 1 unspecified atom stereocenters. The van der Waals surface area contributed by atoms with Gasteiger partial charge in [0.15, 0.2) is 11.5 Å². The van der Waals surface area contributed by atoms with Crippen LogP contribution in [0.1, 0.15) is 42.4 Å². The molecule has 3 heterocycles. The van der Waals surface area contributed by atoms with E-state index in [4.69, 9.17) is 9.47 Å². The normalized spacial score (nSPS) is 17.6. The summed E-state index contributed by atoms with van der Waals surface area (Å²) in [5, 5.41) is 15.4. The van der Waals surface area contributed by atoms with Crippen LogP contribution in [-0.2, 0) is 11.2 Å². The van der Waals surface area contributed by atoms with Crippen LogP contribution in [-0.4, -0.2) is 59.8 Å². The van der Waals surface area contributed by atoms with Crippen molar-refractivity contribution in [2.45, 2.75) is 44.2 Å². The van der Waals surface area contributed by atoms with E-state index in [0.29, 0.717) is 37.7 Å². The highest BCUT2D eigenvalue weighted by Gasteiger charge is 2.27. The molecule has 0 bridgehead atoms. The van der Waals surface area contributed by atoms with Gasteiger partial charge in [0.25, 0.3) is 0 Å². The molecule has 2 aliphatic heterocycles. The first-order valence-corrected chi connectivity index (χ1v) is 12.9. The van der Waals surface area contributed by atoms with Crippen molar-refractivity contribution in [2.75, 3.05) is 32.8 Å². The molecule has 1 saturated heterocycles. The van der Waals surface area contributed by atoms with Gasteiger partial charge in [0.1, 0.15) is 19.3 Å². The second-order valence-corrected chi connectivity index (χ2v) is 10.1. The van der Waals surface area contributed by atoms with Crippen molar-refractivity contribution in [1.29, 1.82) is 0 Å². The molecule has 180 valence electrons. The van der Waals surface area contributed by atoms with E-state index in [1.54, 1.807) is 11.3 Å². The zero-order valence-electron chi connectivity index (χ0n) is 19.2. The number of benzene rings is 2. The second kappa shape index (κ2) is 10.7. The molecule has 8 heteroatoms. The maximum atomic E-state index is 12.9. The summed E-state index contributed by atoms with van der Waals surface area (Å²) < 4.78 is 12.5. The van der Waals surface area contributed by atoms with E-state index in [-0.39, 0.29) is 5.91 Å². The molecule has 2 atom stereocenters. The Bertz CT molecular complexity index is 1100. The molecule has 7 nitrogen and oxygen atoms in total. The molecule has 1 aromatic heterocycles. The van der Waals surface area contributed by atoms with E-state index in [1.165, 1.54) is 4.70 Å². The van der Waals surface area contributed by atoms with Gasteiger partial charge in [-0.2, -0.15) is 0 Å². The lowest BCUT2D eigenvalue weighted by Gasteiger charge is -2.29. The molecule has 0 radical (unpaired) electrons. The maximum absolute atomic E-state index is 12.9. The van der Waals surface area contributed by atoms with Crippen molar-refractivity contribution in [3.05, 3.63) is 53.0 Å². The minimum atomic E-state index is -0.829. The first-order valence-electron chi connectivity index (χ1n) is 12.1. The van der Waals surface area contributed by atoms with E-state index >= 15 is 0 Å². The summed E-state index contributed by atoms with van der Waals surface area (Å²) in [6.45, 7) is 3.64. The molecule has 3 aromatic rings. The van der Waals surface area contributed by atoms with Crippen LogP contribution in [0.2, 0.25) is 0 Å². The summed E-state index contributed by atoms with van der Waals surface area (Å²) in [7, 11) is 0. The number of nitrogens with zero attached hydrogens (tertiary/aromatic N) is 2. The Morgan fingerprint density at radius 1 is 1.12 bits per heavy atom. The largest absolute Gasteiger partial charge is 0.486 e. The average molecular weight is 482 g/mol. The van der Waals surface area contributed by atoms with Crippen molar-refractivity contribution in [2.24, 2.45) is 0 Å². The molecule has 0 saturated carbocycles. The third-order valence-corrected chi connectivity index (χ3v) is 7.52. The Morgan fingerprint density at radius 2 is 1.91 bits per heavy atom. The number of thiazole rings is 1. The van der Waals surface area contributed by atoms with Crippen LogP contribution < -0.4 is 14.8 Å². The van der Waals surface area contributed by atoms with Gasteiger partial charge in [-0.05, 0) is 68.6 Å². The molecular weight excluding hydrogens is 450 g/mol. The number of rotatable bonds is 9. The Balaban J connectivity index is 1.21. The molecule has 1 fully saturated rings. The van der Waals surface area contributed by atoms with Gasteiger partial charge in [0.05, 0.1) is 21.3 Å². The molecule has 34 heavy (non-hydrogen) atoms. The third-order valence-electron chi connectivity index (χ3n) is 6.42. The minimum Gasteiger partial charge on any atom is -0.486 e. The van der Waals surface area contributed by atoms with Crippen LogP contribution in [0.25, 0.3) is 10.2 Å². The number of fused-ring (bicyclic) bond motifs is 2. The standard InChI is InChI=1S/C26H31N3O4S/c30-24(8-5-9-25-28-19-6-1-2-7-23(19)34-25)27-20(17-29-12-3-4-13-29)26(31)18-10-11-21-22(16-18)33-15-14-32-21/h1-2,6-7,10-11,16,20,26,31H,3-5,8-9,12-15,17H2,(H,27,30)/t20?,26-/m1/s1. The number of nitrogens with one attached hydrogen (secondary N) is 1. The maximum Gasteiger partial charge on any atom is 0.220 e. The Hall–Kier alpha value is -2.68. The number of aromatic nitrogens is 1. The fourth-order valence-electron chi connectivity index (χ4n) is 4.65. The number of likely N-dealkylation sites (tertiary alicyclic amines) is 1. The first-order chi connectivity index (χ1) is 16.7. The van der Waals surface area contributed by atoms with Crippen molar-refractivity contribution < 1.29 is 19.4 Å². The van der Waals surface area contributed by atoms with Crippen molar-refractivity contribution in [1.82, 2.24) is 15.2 Å². The molecule has 0 spiro atoms. The van der Waals surface area contributed by atoms with Crippen molar-refractivity contribution >= 4 is 27.5 Å². The highest BCUT2D eigenvalue weighted by molar-refractivity contribution is 7.18. The lowest BCUT2D eigenvalue weighted by molar-refractivity contribution is -0.123. The number of aliphatic hydroxyl groups is 1. The van der Waals surface area contributed by atoms with Crippen LogP contribution in [0, 0.1) is 0 Å². The van der Waals surface area contributed by atoms with E-state index in [1.807, 2.05) is 36.4 Å². The van der Waals surface area contributed by atoms with Gasteiger partial charge in [-0.3, -0.25) is 4.79 Å². The topological polar surface area (TPSA) is 83.9 Å². The van der Waals surface area contributed by atoms with Gasteiger partial charge in [-0.1, -0.05) is 18.2 Å². The number of carbonyl (C=O) groups excluding carboxylic acids is 1. The molecule has 2 aliphatic rings. The first kappa shape index (κ1) is 23.1. The summed E-state index contributed by atoms with van der Waals surface area (Å²) in [6, 6.07) is 13.2. The van der Waals surface area contributed by atoms with Crippen molar-refractivity contribution in [3.8, 4) is 11.5 Å². The number of hydrogen-bond donors (Lipinski definition) is 2. The van der Waals surface area contributed by atoms with Crippen LogP contribution in [0.5, 0.6) is 11.5 Å². The van der Waals surface area contributed by atoms with E-state index in [2.05, 4.69) is 21.3 Å². The summed E-state index contributed by atoms with van der Waals surface area (Å²) in [5.74, 6) is 1.30. The van der Waals surface area contributed by atoms with Gasteiger partial charge in [0.2, 0.25) is 5.91 Å². The summed E-state index contributed by atoms with van der Waals surface area (Å²) >= 11 is 1.69. The predicted molar refractivity (Wildman–Crippen MR) is 133 cm³/mol. The predicted octanol–water partition coefficient (Wildman–Crippen LogP) is 3.70. The number of para-hydroxylation sites is 1. The Morgan fingerprint density at radius 3 is 2.74 bits per heavy atom. The van der Waals surface area contributed by atoms with Crippen LogP contribution in [0.3, 0.4) is 0 Å². The minimum absolute atomic E-state index is 0.0399. The monoisotopic (exact) mass is 481 g/mol. The van der Waals surface area contributed by atoms with Gasteiger partial charge in [-0.15, -0.1) is 11.3 Å². The average Bonchev–Trinajstić information content (AvgIpc) is 3.52. The Kier molecular flexibility index (Phi) is 7.27. The fourth-order valence-corrected chi connectivity index (χ4v) is 5.66. The molecule has 2 N–H and O–H groups in total. The van der Waals surface area contributed by atoms with Gasteiger partial charge >= 0.3 is 0 Å².